The molecule has 3 aliphatic heterocycles. The van der Waals surface area contributed by atoms with Crippen LogP contribution >= 0.6 is 11.6 Å². The lowest BCUT2D eigenvalue weighted by Crippen LogP contribution is -2.47. The number of hydrogen-bond donors (Lipinski definition) is 0. The minimum atomic E-state index is 0.253. The third-order valence-electron chi connectivity index (χ3n) is 7.20. The molecule has 5 heteroatoms. The number of likely N-dealkylation sites (tertiary alicyclic amines) is 2. The van der Waals surface area contributed by atoms with Crippen molar-refractivity contribution in [2.75, 3.05) is 26.2 Å². The van der Waals surface area contributed by atoms with E-state index in [9.17, 15) is 4.79 Å². The van der Waals surface area contributed by atoms with Crippen molar-refractivity contribution < 1.29 is 0 Å². The van der Waals surface area contributed by atoms with Crippen LogP contribution in [0.25, 0.3) is 0 Å². The van der Waals surface area contributed by atoms with Crippen LogP contribution in [0.2, 0.25) is 5.02 Å². The lowest BCUT2D eigenvalue weighted by atomic mass is 9.82. The summed E-state index contributed by atoms with van der Waals surface area (Å²) in [5.41, 5.74) is 4.87. The largest absolute Gasteiger partial charge is 0.312 e. The van der Waals surface area contributed by atoms with E-state index in [1.165, 1.54) is 42.5 Å². The lowest BCUT2D eigenvalue weighted by Gasteiger charge is -2.43. The monoisotopic (exact) mass is 425 g/mol. The van der Waals surface area contributed by atoms with Crippen LogP contribution in [0.4, 0.5) is 0 Å². The van der Waals surface area contributed by atoms with Crippen LogP contribution in [0.3, 0.4) is 0 Å². The van der Waals surface area contributed by atoms with Gasteiger partial charge >= 0.3 is 0 Å². The zero-order chi connectivity index (χ0) is 20.7. The molecule has 0 aliphatic carbocycles. The molecular formula is C25H32ClN3O. The summed E-state index contributed by atoms with van der Waals surface area (Å²) in [5.74, 6) is 0.988. The Labute approximate surface area is 184 Å². The van der Waals surface area contributed by atoms with Gasteiger partial charge < -0.3 is 4.57 Å². The molecule has 0 radical (unpaired) electrons. The molecule has 0 amide bonds. The second-order valence-corrected chi connectivity index (χ2v) is 10.0. The van der Waals surface area contributed by atoms with Gasteiger partial charge in [-0.05, 0) is 68.5 Å². The SMILES string of the molecule is Cc1ccc(CN2C[C@@H]3C[C@H](C2)c2ccc(CN4CCCCC4)c(=O)n2C3)c(Cl)c1. The summed E-state index contributed by atoms with van der Waals surface area (Å²) in [6.45, 7) is 8.95. The van der Waals surface area contributed by atoms with Crippen molar-refractivity contribution in [1.82, 2.24) is 14.4 Å². The fraction of sp³-hybridized carbons (Fsp3) is 0.560. The Bertz CT molecular complexity index is 979. The molecule has 0 saturated carbocycles. The van der Waals surface area contributed by atoms with E-state index in [4.69, 9.17) is 11.6 Å². The van der Waals surface area contributed by atoms with Gasteiger partial charge in [0.25, 0.3) is 5.56 Å². The van der Waals surface area contributed by atoms with E-state index < -0.39 is 0 Å². The zero-order valence-corrected chi connectivity index (χ0v) is 18.7. The average Bonchev–Trinajstić information content (AvgIpc) is 2.73. The Kier molecular flexibility index (Phi) is 5.74. The van der Waals surface area contributed by atoms with Crippen molar-refractivity contribution in [2.24, 2.45) is 5.92 Å². The quantitative estimate of drug-likeness (QED) is 0.726. The smallest absolute Gasteiger partial charge is 0.255 e. The molecule has 3 aliphatic rings. The highest BCUT2D eigenvalue weighted by atomic mass is 35.5. The molecule has 2 aromatic rings. The van der Waals surface area contributed by atoms with Gasteiger partial charge in [-0.25, -0.2) is 0 Å². The highest BCUT2D eigenvalue weighted by Gasteiger charge is 2.35. The van der Waals surface area contributed by atoms with Gasteiger partial charge in [0.1, 0.15) is 0 Å². The van der Waals surface area contributed by atoms with Gasteiger partial charge in [0.15, 0.2) is 0 Å². The number of benzene rings is 1. The van der Waals surface area contributed by atoms with Gasteiger partial charge in [-0.3, -0.25) is 14.6 Å². The molecule has 4 heterocycles. The highest BCUT2D eigenvalue weighted by molar-refractivity contribution is 6.31. The number of aryl methyl sites for hydroxylation is 1. The van der Waals surface area contributed by atoms with Crippen LogP contribution in [0.1, 0.15) is 54.0 Å². The summed E-state index contributed by atoms with van der Waals surface area (Å²) in [5, 5.41) is 0.865. The van der Waals surface area contributed by atoms with E-state index in [1.54, 1.807) is 0 Å². The lowest BCUT2D eigenvalue weighted by molar-refractivity contribution is 0.114. The Hall–Kier alpha value is -1.62. The van der Waals surface area contributed by atoms with Crippen molar-refractivity contribution in [1.29, 1.82) is 0 Å². The highest BCUT2D eigenvalue weighted by Crippen LogP contribution is 2.36. The molecule has 2 saturated heterocycles. The van der Waals surface area contributed by atoms with E-state index in [-0.39, 0.29) is 5.56 Å². The van der Waals surface area contributed by atoms with E-state index in [0.29, 0.717) is 11.8 Å². The Balaban J connectivity index is 1.33. The van der Waals surface area contributed by atoms with E-state index >= 15 is 0 Å². The van der Waals surface area contributed by atoms with Gasteiger partial charge in [-0.15, -0.1) is 0 Å². The number of fused-ring (bicyclic) bond motifs is 4. The minimum absolute atomic E-state index is 0.253. The Morgan fingerprint density at radius 2 is 1.70 bits per heavy atom. The maximum absolute atomic E-state index is 13.3. The van der Waals surface area contributed by atoms with Crippen molar-refractivity contribution in [3.63, 3.8) is 0 Å². The Morgan fingerprint density at radius 3 is 2.50 bits per heavy atom. The number of hydrogen-bond acceptors (Lipinski definition) is 3. The van der Waals surface area contributed by atoms with Gasteiger partial charge in [-0.2, -0.15) is 0 Å². The van der Waals surface area contributed by atoms with Crippen molar-refractivity contribution in [3.8, 4) is 0 Å². The Morgan fingerprint density at radius 1 is 0.933 bits per heavy atom. The molecule has 1 aromatic carbocycles. The number of piperidine rings is 2. The van der Waals surface area contributed by atoms with Crippen LogP contribution in [0.5, 0.6) is 0 Å². The number of pyridine rings is 1. The van der Waals surface area contributed by atoms with Crippen LogP contribution < -0.4 is 5.56 Å². The molecule has 30 heavy (non-hydrogen) atoms. The fourth-order valence-corrected chi connectivity index (χ4v) is 6.01. The van der Waals surface area contributed by atoms with Gasteiger partial charge in [0.05, 0.1) is 0 Å². The molecule has 5 rings (SSSR count). The number of rotatable bonds is 4. The molecule has 1 aromatic heterocycles. The van der Waals surface area contributed by atoms with Crippen LogP contribution in [0.15, 0.2) is 35.1 Å². The first kappa shape index (κ1) is 20.3. The molecule has 4 nitrogen and oxygen atoms in total. The van der Waals surface area contributed by atoms with E-state index in [2.05, 4.69) is 51.6 Å². The van der Waals surface area contributed by atoms with Crippen LogP contribution in [-0.4, -0.2) is 40.5 Å². The first-order valence-electron chi connectivity index (χ1n) is 11.5. The molecule has 2 bridgehead atoms. The van der Waals surface area contributed by atoms with E-state index in [0.717, 1.165) is 56.4 Å². The van der Waals surface area contributed by atoms with Crippen LogP contribution in [0, 0.1) is 12.8 Å². The summed E-state index contributed by atoms with van der Waals surface area (Å²) in [7, 11) is 0. The zero-order valence-electron chi connectivity index (χ0n) is 17.9. The first-order chi connectivity index (χ1) is 14.6. The predicted molar refractivity (Wildman–Crippen MR) is 122 cm³/mol. The molecule has 160 valence electrons. The average molecular weight is 426 g/mol. The van der Waals surface area contributed by atoms with E-state index in [1.807, 2.05) is 0 Å². The van der Waals surface area contributed by atoms with Gasteiger partial charge in [0, 0.05) is 54.9 Å². The minimum Gasteiger partial charge on any atom is -0.312 e. The van der Waals surface area contributed by atoms with Crippen LogP contribution in [-0.2, 0) is 19.6 Å². The summed E-state index contributed by atoms with van der Waals surface area (Å²) in [6, 6.07) is 10.7. The normalized spacial score (nSPS) is 24.6. The molecule has 2 atom stereocenters. The standard InChI is InChI=1S/C25H32ClN3O/c1-18-5-6-20(23(26)11-18)15-28-13-19-12-22(17-28)24-8-7-21(25(30)29(24)14-19)16-27-9-3-2-4-10-27/h5-8,11,19,22H,2-4,9-10,12-17H2,1H3/t19-,22+/m0/s1. The predicted octanol–water partition coefficient (Wildman–Crippen LogP) is 4.42. The number of halogens is 1. The van der Waals surface area contributed by atoms with Gasteiger partial charge in [-0.1, -0.05) is 36.2 Å². The summed E-state index contributed by atoms with van der Waals surface area (Å²) in [4.78, 5) is 18.3. The van der Waals surface area contributed by atoms with Gasteiger partial charge in [0.2, 0.25) is 0 Å². The maximum Gasteiger partial charge on any atom is 0.255 e. The van der Waals surface area contributed by atoms with Crippen molar-refractivity contribution >= 4 is 11.6 Å². The topological polar surface area (TPSA) is 28.5 Å². The number of aromatic nitrogens is 1. The molecular weight excluding hydrogens is 394 g/mol. The molecule has 0 spiro atoms. The van der Waals surface area contributed by atoms with Crippen molar-refractivity contribution in [3.05, 3.63) is 68.1 Å². The molecule has 0 unspecified atom stereocenters. The summed E-state index contributed by atoms with van der Waals surface area (Å²) in [6.07, 6.45) is 5.05. The third-order valence-corrected chi connectivity index (χ3v) is 7.56. The second kappa shape index (κ2) is 8.49. The first-order valence-corrected chi connectivity index (χ1v) is 11.9. The molecule has 0 N–H and O–H groups in total. The summed E-state index contributed by atoms with van der Waals surface area (Å²) < 4.78 is 2.11. The van der Waals surface area contributed by atoms with Crippen molar-refractivity contribution in [2.45, 2.75) is 58.2 Å². The second-order valence-electron chi connectivity index (χ2n) is 9.62. The fourth-order valence-electron chi connectivity index (χ4n) is 5.72. The maximum atomic E-state index is 13.3. The third kappa shape index (κ3) is 4.10. The summed E-state index contributed by atoms with van der Waals surface area (Å²) >= 11 is 6.49. The molecule has 2 fully saturated rings. The number of nitrogens with zero attached hydrogens (tertiary/aromatic N) is 3.